The van der Waals surface area contributed by atoms with Gasteiger partial charge in [-0.25, -0.2) is 0 Å². The largest absolute Gasteiger partial charge is 0.463 e. The van der Waals surface area contributed by atoms with Crippen molar-refractivity contribution in [2.24, 2.45) is 0 Å². The van der Waals surface area contributed by atoms with Gasteiger partial charge >= 0.3 is 23.9 Å². The zero-order valence-corrected chi connectivity index (χ0v) is 19.7. The molecule has 1 aromatic rings. The Morgan fingerprint density at radius 3 is 1.91 bits per heavy atom. The SMILES string of the molecule is CC(=O)OC[C@H]1O[C@@H](SC#Cc2ccc(C#N)cc2)[C@H](OC(C)=O)[C@@H](OC(C)=O)[C@@H]1OC(C)=O. The average Bonchev–Trinajstić information content (AvgIpc) is 2.75. The zero-order valence-electron chi connectivity index (χ0n) is 18.9. The summed E-state index contributed by atoms with van der Waals surface area (Å²) in [6.07, 6.45) is -4.67. The number of esters is 4. The molecule has 0 unspecified atom stereocenters. The van der Waals surface area contributed by atoms with Crippen LogP contribution in [0.3, 0.4) is 0 Å². The lowest BCUT2D eigenvalue weighted by Crippen LogP contribution is -2.61. The third-order valence-electron chi connectivity index (χ3n) is 4.33. The van der Waals surface area contributed by atoms with Gasteiger partial charge in [-0.2, -0.15) is 5.26 Å². The quantitative estimate of drug-likeness (QED) is 0.328. The smallest absolute Gasteiger partial charge is 0.303 e. The van der Waals surface area contributed by atoms with Crippen LogP contribution >= 0.6 is 11.8 Å². The lowest BCUT2D eigenvalue weighted by atomic mass is 9.99. The van der Waals surface area contributed by atoms with Gasteiger partial charge in [0.05, 0.1) is 11.6 Å². The van der Waals surface area contributed by atoms with Gasteiger partial charge in [-0.15, -0.1) is 0 Å². The zero-order chi connectivity index (χ0) is 25.3. The maximum Gasteiger partial charge on any atom is 0.303 e. The first-order valence-electron chi connectivity index (χ1n) is 10.1. The monoisotopic (exact) mass is 489 g/mol. The number of hydrogen-bond acceptors (Lipinski definition) is 11. The van der Waals surface area contributed by atoms with E-state index in [4.69, 9.17) is 28.9 Å². The van der Waals surface area contributed by atoms with E-state index in [-0.39, 0.29) is 6.61 Å². The number of hydrogen-bond donors (Lipinski definition) is 0. The molecule has 0 N–H and O–H groups in total. The Labute approximate surface area is 200 Å². The average molecular weight is 490 g/mol. The van der Waals surface area contributed by atoms with Gasteiger partial charge in [0.25, 0.3) is 0 Å². The van der Waals surface area contributed by atoms with Crippen LogP contribution in [0.1, 0.15) is 38.8 Å². The number of rotatable bonds is 6. The van der Waals surface area contributed by atoms with Crippen molar-refractivity contribution >= 4 is 35.6 Å². The fraction of sp³-hybridized carbons (Fsp3) is 0.435. The van der Waals surface area contributed by atoms with Crippen LogP contribution in [0.25, 0.3) is 0 Å². The van der Waals surface area contributed by atoms with Crippen molar-refractivity contribution in [1.82, 2.24) is 0 Å². The molecule has 11 heteroatoms. The summed E-state index contributed by atoms with van der Waals surface area (Å²) in [5.74, 6) is 0.195. The van der Waals surface area contributed by atoms with Crippen molar-refractivity contribution in [3.8, 4) is 17.2 Å². The normalized spacial score (nSPS) is 23.3. The standard InChI is InChI=1S/C23H23NO9S/c1-13(25)29-12-19-20(30-14(2)26)21(31-15(3)27)22(32-16(4)28)23(33-19)34-10-9-17-5-7-18(11-24)8-6-17/h5-8,19-23H,12H2,1-4H3/t19-,20-,21+,22-,23+/m1/s1. The summed E-state index contributed by atoms with van der Waals surface area (Å²) >= 11 is 0.944. The molecule has 2 rings (SSSR count). The van der Waals surface area contributed by atoms with Crippen LogP contribution in [0.15, 0.2) is 24.3 Å². The summed E-state index contributed by atoms with van der Waals surface area (Å²) < 4.78 is 27.0. The number of ether oxygens (including phenoxy) is 5. The highest BCUT2D eigenvalue weighted by atomic mass is 32.2. The van der Waals surface area contributed by atoms with Gasteiger partial charge < -0.3 is 23.7 Å². The maximum absolute atomic E-state index is 11.8. The van der Waals surface area contributed by atoms with Crippen molar-refractivity contribution < 1.29 is 42.9 Å². The van der Waals surface area contributed by atoms with Gasteiger partial charge in [0.1, 0.15) is 12.7 Å². The number of carbonyl (C=O) groups excluding carboxylic acids is 4. The molecule has 1 aromatic carbocycles. The van der Waals surface area contributed by atoms with E-state index in [9.17, 15) is 19.2 Å². The predicted molar refractivity (Wildman–Crippen MR) is 118 cm³/mol. The van der Waals surface area contributed by atoms with Crippen LogP contribution in [-0.2, 0) is 42.9 Å². The van der Waals surface area contributed by atoms with Crippen molar-refractivity contribution in [2.75, 3.05) is 6.61 Å². The van der Waals surface area contributed by atoms with Gasteiger partial charge in [-0.05, 0) is 41.3 Å². The molecule has 0 radical (unpaired) electrons. The van der Waals surface area contributed by atoms with E-state index in [1.54, 1.807) is 24.3 Å². The Kier molecular flexibility index (Phi) is 9.92. The molecule has 0 aliphatic carbocycles. The number of nitrogens with zero attached hydrogens (tertiary/aromatic N) is 1. The Bertz CT molecular complexity index is 1020. The predicted octanol–water partition coefficient (Wildman–Crippen LogP) is 1.68. The lowest BCUT2D eigenvalue weighted by molar-refractivity contribution is -0.237. The van der Waals surface area contributed by atoms with Crippen molar-refractivity contribution in [3.63, 3.8) is 0 Å². The summed E-state index contributed by atoms with van der Waals surface area (Å²) in [6.45, 7) is 4.36. The van der Waals surface area contributed by atoms with Gasteiger partial charge in [-0.3, -0.25) is 19.2 Å². The molecule has 1 aliphatic rings. The second-order valence-electron chi connectivity index (χ2n) is 7.10. The van der Waals surface area contributed by atoms with E-state index in [2.05, 4.69) is 11.2 Å². The molecule has 10 nitrogen and oxygen atoms in total. The summed E-state index contributed by atoms with van der Waals surface area (Å²) in [4.78, 5) is 46.7. The first-order valence-corrected chi connectivity index (χ1v) is 11.0. The van der Waals surface area contributed by atoms with Crippen LogP contribution in [0, 0.1) is 22.5 Å². The van der Waals surface area contributed by atoms with Gasteiger partial charge in [-0.1, -0.05) is 5.92 Å². The topological polar surface area (TPSA) is 138 Å². The van der Waals surface area contributed by atoms with Crippen LogP contribution in [0.5, 0.6) is 0 Å². The molecule has 1 heterocycles. The summed E-state index contributed by atoms with van der Waals surface area (Å²) in [6, 6.07) is 8.57. The first-order chi connectivity index (χ1) is 16.1. The van der Waals surface area contributed by atoms with Crippen LogP contribution < -0.4 is 0 Å². The number of benzene rings is 1. The third-order valence-corrected chi connectivity index (χ3v) is 5.16. The Hall–Kier alpha value is -3.54. The molecule has 1 fully saturated rings. The summed E-state index contributed by atoms with van der Waals surface area (Å²) in [7, 11) is 0. The van der Waals surface area contributed by atoms with Crippen LogP contribution in [0.2, 0.25) is 0 Å². The van der Waals surface area contributed by atoms with Crippen molar-refractivity contribution in [1.29, 1.82) is 5.26 Å². The fourth-order valence-corrected chi connectivity index (χ4v) is 3.89. The van der Waals surface area contributed by atoms with Gasteiger partial charge in [0, 0.05) is 33.3 Å². The minimum Gasteiger partial charge on any atom is -0.463 e. The van der Waals surface area contributed by atoms with Gasteiger partial charge in [0.2, 0.25) is 0 Å². The molecule has 0 aromatic heterocycles. The van der Waals surface area contributed by atoms with Crippen molar-refractivity contribution in [3.05, 3.63) is 35.4 Å². The molecule has 0 spiro atoms. The highest BCUT2D eigenvalue weighted by Crippen LogP contribution is 2.34. The number of thioether (sulfide) groups is 1. The third kappa shape index (κ3) is 8.10. The minimum atomic E-state index is -1.24. The second kappa shape index (κ2) is 12.6. The van der Waals surface area contributed by atoms with E-state index in [1.165, 1.54) is 13.8 Å². The van der Waals surface area contributed by atoms with Crippen LogP contribution in [0.4, 0.5) is 0 Å². The van der Waals surface area contributed by atoms with Gasteiger partial charge in [0.15, 0.2) is 23.7 Å². The molecule has 0 bridgehead atoms. The molecule has 1 saturated heterocycles. The molecule has 1 aliphatic heterocycles. The molecule has 0 amide bonds. The number of carbonyl (C=O) groups is 4. The molecule has 34 heavy (non-hydrogen) atoms. The minimum absolute atomic E-state index is 0.308. The Morgan fingerprint density at radius 2 is 1.38 bits per heavy atom. The van der Waals surface area contributed by atoms with E-state index in [0.717, 1.165) is 25.6 Å². The fourth-order valence-electron chi connectivity index (χ4n) is 3.06. The van der Waals surface area contributed by atoms with E-state index >= 15 is 0 Å². The highest BCUT2D eigenvalue weighted by molar-refractivity contribution is 8.04. The molecular formula is C23H23NO9S. The maximum atomic E-state index is 11.8. The molecular weight excluding hydrogens is 466 g/mol. The summed E-state index contributed by atoms with van der Waals surface area (Å²) in [5, 5.41) is 11.7. The summed E-state index contributed by atoms with van der Waals surface area (Å²) in [5.41, 5.74) is 0.126. The highest BCUT2D eigenvalue weighted by Gasteiger charge is 2.52. The van der Waals surface area contributed by atoms with E-state index in [0.29, 0.717) is 11.1 Å². The lowest BCUT2D eigenvalue weighted by Gasteiger charge is -2.43. The number of nitriles is 1. The Balaban J connectivity index is 2.37. The first kappa shape index (κ1) is 26.7. The van der Waals surface area contributed by atoms with E-state index < -0.39 is 53.7 Å². The molecule has 5 atom stereocenters. The van der Waals surface area contributed by atoms with Crippen LogP contribution in [-0.4, -0.2) is 60.3 Å². The second-order valence-corrected chi connectivity index (χ2v) is 8.01. The van der Waals surface area contributed by atoms with E-state index in [1.807, 2.05) is 6.07 Å². The molecule has 180 valence electrons. The van der Waals surface area contributed by atoms with Crippen molar-refractivity contribution in [2.45, 2.75) is 57.5 Å². The molecule has 0 saturated carbocycles. The Morgan fingerprint density at radius 1 is 0.853 bits per heavy atom.